The van der Waals surface area contributed by atoms with Crippen molar-refractivity contribution in [2.45, 2.75) is 25.9 Å². The first-order valence-electron chi connectivity index (χ1n) is 4.96. The maximum atomic E-state index is 11.6. The molecule has 0 saturated heterocycles. The van der Waals surface area contributed by atoms with E-state index in [1.165, 1.54) is 0 Å². The number of hydrogen-bond donors (Lipinski definition) is 1. The fraction of sp³-hybridized carbons (Fsp3) is 0.455. The van der Waals surface area contributed by atoms with Crippen LogP contribution in [0.3, 0.4) is 0 Å². The molecule has 1 aromatic heterocycles. The molecule has 0 fully saturated rings. The van der Waals surface area contributed by atoms with Crippen molar-refractivity contribution >= 4 is 11.6 Å². The number of hydrogen-bond acceptors (Lipinski definition) is 3. The molecule has 4 nitrogen and oxygen atoms in total. The van der Waals surface area contributed by atoms with Crippen LogP contribution in [0.4, 0.5) is 5.69 Å². The third-order valence-electron chi connectivity index (χ3n) is 2.20. The highest BCUT2D eigenvalue weighted by Crippen LogP contribution is 2.12. The Morgan fingerprint density at radius 1 is 1.53 bits per heavy atom. The van der Waals surface area contributed by atoms with Gasteiger partial charge in [-0.1, -0.05) is 0 Å². The summed E-state index contributed by atoms with van der Waals surface area (Å²) in [5.74, 6) is 0.00194. The number of rotatable bonds is 4. The van der Waals surface area contributed by atoms with Gasteiger partial charge in [-0.05, 0) is 25.5 Å². The van der Waals surface area contributed by atoms with Gasteiger partial charge in [0.15, 0.2) is 0 Å². The largest absolute Gasteiger partial charge is 0.393 e. The number of amides is 1. The zero-order valence-corrected chi connectivity index (χ0v) is 9.05. The van der Waals surface area contributed by atoms with Crippen molar-refractivity contribution in [2.75, 3.05) is 11.9 Å². The molecule has 1 unspecified atom stereocenters. The molecule has 1 amide bonds. The van der Waals surface area contributed by atoms with E-state index in [1.807, 2.05) is 0 Å². The lowest BCUT2D eigenvalue weighted by atomic mass is 10.2. The number of nitrogens with zero attached hydrogens (tertiary/aromatic N) is 2. The number of anilines is 1. The standard InChI is InChI=1S/C11H16N2O2/c1-9(14)3-4-11(15)13(2)10-5-7-12-8-6-10/h5-9,14H,3-4H2,1-2H3. The Morgan fingerprint density at radius 2 is 2.13 bits per heavy atom. The second-order valence-electron chi connectivity index (χ2n) is 3.55. The second kappa shape index (κ2) is 5.46. The van der Waals surface area contributed by atoms with E-state index in [0.717, 1.165) is 5.69 Å². The molecule has 0 bridgehead atoms. The minimum absolute atomic E-state index is 0.00194. The number of pyridine rings is 1. The Balaban J connectivity index is 2.54. The van der Waals surface area contributed by atoms with Gasteiger partial charge in [0, 0.05) is 31.5 Å². The smallest absolute Gasteiger partial charge is 0.226 e. The quantitative estimate of drug-likeness (QED) is 0.809. The molecule has 4 heteroatoms. The highest BCUT2D eigenvalue weighted by atomic mass is 16.3. The van der Waals surface area contributed by atoms with Gasteiger partial charge in [0.25, 0.3) is 0 Å². The third-order valence-corrected chi connectivity index (χ3v) is 2.20. The van der Waals surface area contributed by atoms with Crippen LogP contribution in [0.15, 0.2) is 24.5 Å². The zero-order chi connectivity index (χ0) is 11.3. The van der Waals surface area contributed by atoms with Crippen molar-refractivity contribution in [1.29, 1.82) is 0 Å². The van der Waals surface area contributed by atoms with E-state index < -0.39 is 6.10 Å². The average molecular weight is 208 g/mol. The summed E-state index contributed by atoms with van der Waals surface area (Å²) < 4.78 is 0. The number of carbonyl (C=O) groups excluding carboxylic acids is 1. The first kappa shape index (κ1) is 11.7. The first-order chi connectivity index (χ1) is 7.11. The van der Waals surface area contributed by atoms with E-state index in [2.05, 4.69) is 4.98 Å². The molecule has 0 aliphatic rings. The molecule has 82 valence electrons. The molecule has 1 heterocycles. The van der Waals surface area contributed by atoms with Crippen molar-refractivity contribution in [1.82, 2.24) is 4.98 Å². The summed E-state index contributed by atoms with van der Waals surface area (Å²) in [6, 6.07) is 3.56. The summed E-state index contributed by atoms with van der Waals surface area (Å²) >= 11 is 0. The van der Waals surface area contributed by atoms with Gasteiger partial charge >= 0.3 is 0 Å². The SMILES string of the molecule is CC(O)CCC(=O)N(C)c1ccncc1. The van der Waals surface area contributed by atoms with Crippen LogP contribution in [-0.4, -0.2) is 29.1 Å². The van der Waals surface area contributed by atoms with Gasteiger partial charge in [-0.3, -0.25) is 9.78 Å². The molecule has 1 atom stereocenters. The molecule has 0 saturated carbocycles. The fourth-order valence-corrected chi connectivity index (χ4v) is 1.21. The molecule has 1 aromatic rings. The van der Waals surface area contributed by atoms with E-state index in [-0.39, 0.29) is 5.91 Å². The van der Waals surface area contributed by atoms with E-state index in [4.69, 9.17) is 5.11 Å². The van der Waals surface area contributed by atoms with E-state index in [1.54, 1.807) is 43.4 Å². The molecule has 1 rings (SSSR count). The zero-order valence-electron chi connectivity index (χ0n) is 9.05. The Hall–Kier alpha value is -1.42. The van der Waals surface area contributed by atoms with Crippen LogP contribution in [-0.2, 0) is 4.79 Å². The molecule has 15 heavy (non-hydrogen) atoms. The number of aliphatic hydroxyl groups excluding tert-OH is 1. The van der Waals surface area contributed by atoms with Crippen LogP contribution in [0, 0.1) is 0 Å². The Kier molecular flexibility index (Phi) is 4.24. The van der Waals surface area contributed by atoms with Crippen LogP contribution in [0.5, 0.6) is 0 Å². The minimum Gasteiger partial charge on any atom is -0.393 e. The summed E-state index contributed by atoms with van der Waals surface area (Å²) in [5, 5.41) is 9.07. The predicted octanol–water partition coefficient (Wildman–Crippen LogP) is 1.21. The van der Waals surface area contributed by atoms with Gasteiger partial charge in [-0.25, -0.2) is 0 Å². The van der Waals surface area contributed by atoms with E-state index >= 15 is 0 Å². The maximum Gasteiger partial charge on any atom is 0.226 e. The highest BCUT2D eigenvalue weighted by molar-refractivity contribution is 5.92. The Bertz CT molecular complexity index is 312. The van der Waals surface area contributed by atoms with Crippen LogP contribution in [0.1, 0.15) is 19.8 Å². The molecule has 1 N–H and O–H groups in total. The fourth-order valence-electron chi connectivity index (χ4n) is 1.21. The van der Waals surface area contributed by atoms with E-state index in [9.17, 15) is 4.79 Å². The van der Waals surface area contributed by atoms with Crippen LogP contribution >= 0.6 is 0 Å². The first-order valence-corrected chi connectivity index (χ1v) is 4.96. The Morgan fingerprint density at radius 3 is 2.67 bits per heavy atom. The van der Waals surface area contributed by atoms with Crippen molar-refractivity contribution in [3.05, 3.63) is 24.5 Å². The molecule has 0 aliphatic heterocycles. The van der Waals surface area contributed by atoms with Gasteiger partial charge in [-0.15, -0.1) is 0 Å². The van der Waals surface area contributed by atoms with Crippen LogP contribution in [0.25, 0.3) is 0 Å². The summed E-state index contributed by atoms with van der Waals surface area (Å²) in [4.78, 5) is 17.1. The maximum absolute atomic E-state index is 11.6. The van der Waals surface area contributed by atoms with Gasteiger partial charge in [-0.2, -0.15) is 0 Å². The molecule has 0 spiro atoms. The van der Waals surface area contributed by atoms with Crippen molar-refractivity contribution in [2.24, 2.45) is 0 Å². The normalized spacial score (nSPS) is 12.2. The van der Waals surface area contributed by atoms with Crippen LogP contribution in [0.2, 0.25) is 0 Å². The molecular formula is C11H16N2O2. The molecule has 0 aliphatic carbocycles. The molecule has 0 radical (unpaired) electrons. The molecule has 0 aromatic carbocycles. The van der Waals surface area contributed by atoms with Gasteiger partial charge in [0.1, 0.15) is 0 Å². The minimum atomic E-state index is -0.431. The number of aliphatic hydroxyl groups is 1. The highest BCUT2D eigenvalue weighted by Gasteiger charge is 2.11. The van der Waals surface area contributed by atoms with Gasteiger partial charge < -0.3 is 10.0 Å². The summed E-state index contributed by atoms with van der Waals surface area (Å²) in [7, 11) is 1.72. The number of carbonyl (C=O) groups is 1. The van der Waals surface area contributed by atoms with Crippen molar-refractivity contribution < 1.29 is 9.90 Å². The summed E-state index contributed by atoms with van der Waals surface area (Å²) in [5.41, 5.74) is 0.820. The topological polar surface area (TPSA) is 53.4 Å². The average Bonchev–Trinajstić information content (AvgIpc) is 2.26. The Labute approximate surface area is 89.6 Å². The lowest BCUT2D eigenvalue weighted by Crippen LogP contribution is -2.26. The predicted molar refractivity (Wildman–Crippen MR) is 58.6 cm³/mol. The van der Waals surface area contributed by atoms with Crippen molar-refractivity contribution in [3.8, 4) is 0 Å². The second-order valence-corrected chi connectivity index (χ2v) is 3.55. The monoisotopic (exact) mass is 208 g/mol. The molecular weight excluding hydrogens is 192 g/mol. The van der Waals surface area contributed by atoms with Gasteiger partial charge in [0.05, 0.1) is 6.10 Å². The van der Waals surface area contributed by atoms with E-state index in [0.29, 0.717) is 12.8 Å². The summed E-state index contributed by atoms with van der Waals surface area (Å²) in [6.07, 6.45) is 3.71. The van der Waals surface area contributed by atoms with Gasteiger partial charge in [0.2, 0.25) is 5.91 Å². The van der Waals surface area contributed by atoms with Crippen molar-refractivity contribution in [3.63, 3.8) is 0 Å². The lowest BCUT2D eigenvalue weighted by molar-refractivity contribution is -0.118. The summed E-state index contributed by atoms with van der Waals surface area (Å²) in [6.45, 7) is 1.68. The van der Waals surface area contributed by atoms with Crippen LogP contribution < -0.4 is 4.90 Å². The number of aromatic nitrogens is 1. The third kappa shape index (κ3) is 3.67. The lowest BCUT2D eigenvalue weighted by Gasteiger charge is -2.17.